The average molecular weight is 449 g/mol. The van der Waals surface area contributed by atoms with Gasteiger partial charge in [-0.15, -0.1) is 11.3 Å². The van der Waals surface area contributed by atoms with E-state index >= 15 is 0 Å². The molecule has 1 amide bonds. The Morgan fingerprint density at radius 1 is 1.19 bits per heavy atom. The zero-order chi connectivity index (χ0) is 22.2. The van der Waals surface area contributed by atoms with Gasteiger partial charge in [0.05, 0.1) is 5.52 Å². The molecule has 0 spiro atoms. The van der Waals surface area contributed by atoms with Crippen LogP contribution in [0, 0.1) is 13.8 Å². The average Bonchev–Trinajstić information content (AvgIpc) is 3.41. The van der Waals surface area contributed by atoms with Crippen molar-refractivity contribution < 1.29 is 14.3 Å². The number of benzene rings is 1. The summed E-state index contributed by atoms with van der Waals surface area (Å²) in [6, 6.07) is 9.97. The summed E-state index contributed by atoms with van der Waals surface area (Å²) in [6.07, 6.45) is 1.55. The Morgan fingerprint density at radius 3 is 2.91 bits per heavy atom. The molecule has 0 unspecified atom stereocenters. The molecule has 0 radical (unpaired) electrons. The van der Waals surface area contributed by atoms with E-state index in [1.807, 2.05) is 42.6 Å². The number of thiophene rings is 1. The van der Waals surface area contributed by atoms with Crippen LogP contribution in [-0.4, -0.2) is 44.5 Å². The number of ether oxygens (including phenoxy) is 1. The maximum atomic E-state index is 12.5. The minimum Gasteiger partial charge on any atom is -0.456 e. The van der Waals surface area contributed by atoms with E-state index in [0.717, 1.165) is 39.9 Å². The predicted molar refractivity (Wildman–Crippen MR) is 123 cm³/mol. The minimum absolute atomic E-state index is 0.145. The summed E-state index contributed by atoms with van der Waals surface area (Å²) in [6.45, 7) is 5.00. The molecule has 5 rings (SSSR count). The standard InChI is InChI=1S/C24H24N4O3S/c1-15-18(16(2)28-24(25-15)19-5-3-4-6-20(19)26-28)7-8-23(30)31-14-22(29)27-11-9-21-17(13-27)10-12-32-21/h3-6,10,12H,7-9,11,13-14H2,1-2H3. The summed E-state index contributed by atoms with van der Waals surface area (Å²) in [4.78, 5) is 32.7. The highest BCUT2D eigenvalue weighted by molar-refractivity contribution is 7.10. The number of aryl methyl sites for hydroxylation is 2. The molecule has 0 saturated carbocycles. The predicted octanol–water partition coefficient (Wildman–Crippen LogP) is 3.62. The number of amides is 1. The molecule has 0 N–H and O–H groups in total. The van der Waals surface area contributed by atoms with Gasteiger partial charge in [0.25, 0.3) is 5.91 Å². The molecule has 8 heteroatoms. The molecule has 0 atom stereocenters. The molecule has 0 bridgehead atoms. The lowest BCUT2D eigenvalue weighted by Gasteiger charge is -2.26. The van der Waals surface area contributed by atoms with Crippen LogP contribution in [0.1, 0.15) is 33.8 Å². The van der Waals surface area contributed by atoms with Gasteiger partial charge in [0, 0.05) is 41.2 Å². The summed E-state index contributed by atoms with van der Waals surface area (Å²) in [7, 11) is 0. The van der Waals surface area contributed by atoms with Crippen molar-refractivity contribution in [3.05, 3.63) is 63.1 Å². The Labute approximate surface area is 189 Å². The molecule has 1 aliphatic rings. The van der Waals surface area contributed by atoms with Gasteiger partial charge in [0.15, 0.2) is 12.3 Å². The van der Waals surface area contributed by atoms with E-state index in [4.69, 9.17) is 9.72 Å². The van der Waals surface area contributed by atoms with Gasteiger partial charge in [-0.2, -0.15) is 5.10 Å². The van der Waals surface area contributed by atoms with Crippen molar-refractivity contribution >= 4 is 39.8 Å². The first kappa shape index (κ1) is 20.6. The van der Waals surface area contributed by atoms with Crippen LogP contribution in [0.4, 0.5) is 0 Å². The molecule has 32 heavy (non-hydrogen) atoms. The third-order valence-corrected chi connectivity index (χ3v) is 7.14. The molecule has 1 aliphatic heterocycles. The largest absolute Gasteiger partial charge is 0.456 e. The van der Waals surface area contributed by atoms with E-state index in [1.165, 1.54) is 10.4 Å². The molecule has 4 heterocycles. The van der Waals surface area contributed by atoms with E-state index < -0.39 is 0 Å². The Kier molecular flexibility index (Phi) is 5.38. The summed E-state index contributed by atoms with van der Waals surface area (Å²) < 4.78 is 7.14. The van der Waals surface area contributed by atoms with Crippen molar-refractivity contribution in [3.8, 4) is 0 Å². The normalized spacial score (nSPS) is 13.5. The van der Waals surface area contributed by atoms with E-state index in [2.05, 4.69) is 16.5 Å². The molecule has 0 aliphatic carbocycles. The molecule has 0 saturated heterocycles. The first-order valence-electron chi connectivity index (χ1n) is 10.7. The van der Waals surface area contributed by atoms with Crippen LogP contribution in [0.3, 0.4) is 0 Å². The third-order valence-electron chi connectivity index (χ3n) is 6.11. The van der Waals surface area contributed by atoms with Crippen LogP contribution in [0.25, 0.3) is 16.6 Å². The van der Waals surface area contributed by atoms with Gasteiger partial charge in [-0.3, -0.25) is 9.59 Å². The molecule has 164 valence electrons. The van der Waals surface area contributed by atoms with Crippen LogP contribution < -0.4 is 0 Å². The van der Waals surface area contributed by atoms with Crippen molar-refractivity contribution in [1.29, 1.82) is 0 Å². The second kappa shape index (κ2) is 8.35. The fourth-order valence-electron chi connectivity index (χ4n) is 4.33. The van der Waals surface area contributed by atoms with Crippen molar-refractivity contribution in [3.63, 3.8) is 0 Å². The molecular formula is C24H24N4O3S. The minimum atomic E-state index is -0.379. The number of carbonyl (C=O) groups is 2. The van der Waals surface area contributed by atoms with Crippen molar-refractivity contribution in [2.75, 3.05) is 13.2 Å². The SMILES string of the molecule is Cc1nc2c3ccccc3nn2c(C)c1CCC(=O)OCC(=O)N1CCc2sccc2C1. The molecule has 0 fully saturated rings. The lowest BCUT2D eigenvalue weighted by Crippen LogP contribution is -2.38. The van der Waals surface area contributed by atoms with E-state index in [0.29, 0.717) is 19.5 Å². The Bertz CT molecular complexity index is 1340. The summed E-state index contributed by atoms with van der Waals surface area (Å²) in [5.74, 6) is -0.523. The Balaban J connectivity index is 1.21. The zero-order valence-corrected chi connectivity index (χ0v) is 18.9. The van der Waals surface area contributed by atoms with E-state index in [-0.39, 0.29) is 24.9 Å². The highest BCUT2D eigenvalue weighted by Crippen LogP contribution is 2.25. The van der Waals surface area contributed by atoms with Gasteiger partial charge < -0.3 is 9.64 Å². The van der Waals surface area contributed by atoms with Gasteiger partial charge in [-0.1, -0.05) is 12.1 Å². The monoisotopic (exact) mass is 448 g/mol. The Morgan fingerprint density at radius 2 is 2.03 bits per heavy atom. The summed E-state index contributed by atoms with van der Waals surface area (Å²) in [5, 5.41) is 7.72. The fraction of sp³-hybridized carbons (Fsp3) is 0.333. The van der Waals surface area contributed by atoms with Crippen LogP contribution in [0.5, 0.6) is 0 Å². The summed E-state index contributed by atoms with van der Waals surface area (Å²) in [5.41, 5.74) is 5.74. The van der Waals surface area contributed by atoms with Gasteiger partial charge in [-0.05, 0) is 61.4 Å². The van der Waals surface area contributed by atoms with Gasteiger partial charge in [0.1, 0.15) is 0 Å². The number of aromatic nitrogens is 3. The smallest absolute Gasteiger partial charge is 0.306 e. The Hall–Kier alpha value is -3.26. The molecule has 3 aromatic heterocycles. The van der Waals surface area contributed by atoms with E-state index in [1.54, 1.807) is 16.2 Å². The second-order valence-electron chi connectivity index (χ2n) is 8.11. The highest BCUT2D eigenvalue weighted by Gasteiger charge is 2.22. The second-order valence-corrected chi connectivity index (χ2v) is 9.11. The lowest BCUT2D eigenvalue weighted by atomic mass is 10.1. The molecular weight excluding hydrogens is 424 g/mol. The zero-order valence-electron chi connectivity index (χ0n) is 18.1. The number of rotatable bonds is 5. The number of hydrogen-bond acceptors (Lipinski definition) is 6. The topological polar surface area (TPSA) is 76.8 Å². The van der Waals surface area contributed by atoms with Crippen LogP contribution >= 0.6 is 11.3 Å². The van der Waals surface area contributed by atoms with Gasteiger partial charge in [0.2, 0.25) is 0 Å². The first-order chi connectivity index (χ1) is 15.5. The quantitative estimate of drug-likeness (QED) is 0.436. The number of nitrogens with zero attached hydrogens (tertiary/aromatic N) is 4. The first-order valence-corrected chi connectivity index (χ1v) is 11.6. The van der Waals surface area contributed by atoms with Crippen molar-refractivity contribution in [2.45, 2.75) is 39.7 Å². The van der Waals surface area contributed by atoms with E-state index in [9.17, 15) is 9.59 Å². The number of fused-ring (bicyclic) bond motifs is 4. The molecule has 1 aromatic carbocycles. The number of hydrogen-bond donors (Lipinski definition) is 0. The van der Waals surface area contributed by atoms with Crippen LogP contribution in [0.15, 0.2) is 35.7 Å². The van der Waals surface area contributed by atoms with Gasteiger partial charge >= 0.3 is 5.97 Å². The lowest BCUT2D eigenvalue weighted by molar-refractivity contribution is -0.152. The highest BCUT2D eigenvalue weighted by atomic mass is 32.1. The maximum absolute atomic E-state index is 12.5. The summed E-state index contributed by atoms with van der Waals surface area (Å²) >= 11 is 1.73. The van der Waals surface area contributed by atoms with Crippen molar-refractivity contribution in [2.24, 2.45) is 0 Å². The van der Waals surface area contributed by atoms with Crippen LogP contribution in [-0.2, 0) is 33.7 Å². The van der Waals surface area contributed by atoms with Crippen LogP contribution in [0.2, 0.25) is 0 Å². The number of esters is 1. The number of carbonyl (C=O) groups excluding carboxylic acids is 2. The van der Waals surface area contributed by atoms with Gasteiger partial charge in [-0.25, -0.2) is 9.50 Å². The third kappa shape index (κ3) is 3.75. The molecule has 4 aromatic rings. The maximum Gasteiger partial charge on any atom is 0.306 e. The molecule has 7 nitrogen and oxygen atoms in total. The van der Waals surface area contributed by atoms with Crippen molar-refractivity contribution in [1.82, 2.24) is 19.5 Å². The fourth-order valence-corrected chi connectivity index (χ4v) is 5.22.